The van der Waals surface area contributed by atoms with Crippen LogP contribution in [0.4, 0.5) is 0 Å². The van der Waals surface area contributed by atoms with E-state index in [2.05, 4.69) is 5.32 Å². The third-order valence-electron chi connectivity index (χ3n) is 4.95. The van der Waals surface area contributed by atoms with Gasteiger partial charge in [0.25, 0.3) is 0 Å². The average molecular weight is 277 g/mol. The van der Waals surface area contributed by atoms with E-state index in [9.17, 15) is 10.2 Å². The van der Waals surface area contributed by atoms with Crippen LogP contribution in [0.5, 0.6) is 11.5 Å². The van der Waals surface area contributed by atoms with Crippen molar-refractivity contribution in [2.24, 2.45) is 5.92 Å². The molecule has 4 nitrogen and oxygen atoms in total. The van der Waals surface area contributed by atoms with Crippen molar-refractivity contribution in [3.63, 3.8) is 0 Å². The van der Waals surface area contributed by atoms with Crippen molar-refractivity contribution in [3.05, 3.63) is 23.8 Å². The standard InChI is InChI=1S/C16H23NO3/c1-20-14-10-11(5-6-13(14)18)15-12-4-2-3-7-16(12,19)8-9-17-15/h5-6,10,12,15,17-19H,2-4,7-9H2,1H3/t12-,15+,16+/m0/s1. The van der Waals surface area contributed by atoms with Crippen LogP contribution >= 0.6 is 0 Å². The molecular formula is C16H23NO3. The highest BCUT2D eigenvalue weighted by molar-refractivity contribution is 5.43. The van der Waals surface area contributed by atoms with Crippen LogP contribution in [0.15, 0.2) is 18.2 Å². The van der Waals surface area contributed by atoms with Gasteiger partial charge in [-0.15, -0.1) is 0 Å². The lowest BCUT2D eigenvalue weighted by Crippen LogP contribution is -2.53. The van der Waals surface area contributed by atoms with Crippen molar-refractivity contribution in [1.29, 1.82) is 0 Å². The maximum atomic E-state index is 10.9. The first-order chi connectivity index (χ1) is 9.64. The molecule has 1 heterocycles. The minimum Gasteiger partial charge on any atom is -0.504 e. The number of nitrogens with one attached hydrogen (secondary N) is 1. The Hall–Kier alpha value is -1.26. The van der Waals surface area contributed by atoms with Gasteiger partial charge in [-0.1, -0.05) is 18.9 Å². The molecule has 3 atom stereocenters. The molecule has 0 unspecified atom stereocenters. The minimum absolute atomic E-state index is 0.142. The smallest absolute Gasteiger partial charge is 0.160 e. The van der Waals surface area contributed by atoms with Gasteiger partial charge in [0, 0.05) is 12.0 Å². The molecular weight excluding hydrogens is 254 g/mol. The monoisotopic (exact) mass is 277 g/mol. The summed E-state index contributed by atoms with van der Waals surface area (Å²) >= 11 is 0. The van der Waals surface area contributed by atoms with Crippen LogP contribution in [0, 0.1) is 5.92 Å². The number of phenolic OH excluding ortho intramolecular Hbond substituents is 1. The number of hydrogen-bond donors (Lipinski definition) is 3. The van der Waals surface area contributed by atoms with E-state index in [-0.39, 0.29) is 17.7 Å². The van der Waals surface area contributed by atoms with Crippen LogP contribution in [-0.2, 0) is 0 Å². The van der Waals surface area contributed by atoms with Gasteiger partial charge in [-0.25, -0.2) is 0 Å². The van der Waals surface area contributed by atoms with Crippen molar-refractivity contribution in [1.82, 2.24) is 5.32 Å². The molecule has 110 valence electrons. The molecule has 20 heavy (non-hydrogen) atoms. The van der Waals surface area contributed by atoms with Gasteiger partial charge < -0.3 is 20.3 Å². The minimum atomic E-state index is -0.528. The summed E-state index contributed by atoms with van der Waals surface area (Å²) in [5.74, 6) is 0.902. The van der Waals surface area contributed by atoms with E-state index in [0.717, 1.165) is 37.8 Å². The number of hydrogen-bond acceptors (Lipinski definition) is 4. The Bertz CT molecular complexity index is 487. The van der Waals surface area contributed by atoms with Crippen LogP contribution in [0.2, 0.25) is 0 Å². The Morgan fingerprint density at radius 1 is 1.30 bits per heavy atom. The first-order valence-corrected chi connectivity index (χ1v) is 7.47. The van der Waals surface area contributed by atoms with E-state index in [1.54, 1.807) is 13.2 Å². The molecule has 1 saturated carbocycles. The Morgan fingerprint density at radius 2 is 2.15 bits per heavy atom. The zero-order chi connectivity index (χ0) is 14.2. The summed E-state index contributed by atoms with van der Waals surface area (Å²) in [6.45, 7) is 0.834. The second kappa shape index (κ2) is 5.26. The molecule has 4 heteroatoms. The van der Waals surface area contributed by atoms with Gasteiger partial charge in [0.2, 0.25) is 0 Å². The number of fused-ring (bicyclic) bond motifs is 1. The molecule has 2 aliphatic rings. The lowest BCUT2D eigenvalue weighted by atomic mass is 9.67. The summed E-state index contributed by atoms with van der Waals surface area (Å²) in [5, 5.41) is 24.1. The number of rotatable bonds is 2. The predicted octanol–water partition coefficient (Wildman–Crippen LogP) is 2.36. The van der Waals surface area contributed by atoms with E-state index in [1.807, 2.05) is 12.1 Å². The Kier molecular flexibility index (Phi) is 3.61. The number of methoxy groups -OCH3 is 1. The van der Waals surface area contributed by atoms with Crippen molar-refractivity contribution in [2.45, 2.75) is 43.7 Å². The van der Waals surface area contributed by atoms with E-state index in [0.29, 0.717) is 5.75 Å². The van der Waals surface area contributed by atoms with Gasteiger partial charge in [0.15, 0.2) is 11.5 Å². The summed E-state index contributed by atoms with van der Waals surface area (Å²) in [5.41, 5.74) is 0.559. The summed E-state index contributed by atoms with van der Waals surface area (Å²) in [4.78, 5) is 0. The Labute approximate surface area is 119 Å². The summed E-state index contributed by atoms with van der Waals surface area (Å²) < 4.78 is 5.20. The van der Waals surface area contributed by atoms with Crippen LogP contribution in [0.3, 0.4) is 0 Å². The summed E-state index contributed by atoms with van der Waals surface area (Å²) in [6.07, 6.45) is 5.10. The van der Waals surface area contributed by atoms with E-state index in [4.69, 9.17) is 4.74 Å². The van der Waals surface area contributed by atoms with Gasteiger partial charge in [-0.3, -0.25) is 0 Å². The van der Waals surface area contributed by atoms with Crippen LogP contribution in [0.25, 0.3) is 0 Å². The van der Waals surface area contributed by atoms with Gasteiger partial charge in [0.05, 0.1) is 12.7 Å². The maximum Gasteiger partial charge on any atom is 0.160 e. The van der Waals surface area contributed by atoms with Gasteiger partial charge >= 0.3 is 0 Å². The number of piperidine rings is 1. The average Bonchev–Trinajstić information content (AvgIpc) is 2.46. The Balaban J connectivity index is 1.92. The second-order valence-corrected chi connectivity index (χ2v) is 6.07. The highest BCUT2D eigenvalue weighted by atomic mass is 16.5. The molecule has 0 spiro atoms. The fourth-order valence-corrected chi connectivity index (χ4v) is 3.86. The van der Waals surface area contributed by atoms with Gasteiger partial charge in [0.1, 0.15) is 0 Å². The predicted molar refractivity (Wildman–Crippen MR) is 76.9 cm³/mol. The maximum absolute atomic E-state index is 10.9. The number of aliphatic hydroxyl groups is 1. The normalized spacial score (nSPS) is 33.5. The second-order valence-electron chi connectivity index (χ2n) is 6.07. The molecule has 0 bridgehead atoms. The fraction of sp³-hybridized carbons (Fsp3) is 0.625. The van der Waals surface area contributed by atoms with Gasteiger partial charge in [-0.2, -0.15) is 0 Å². The van der Waals surface area contributed by atoms with Crippen molar-refractivity contribution < 1.29 is 14.9 Å². The highest BCUT2D eigenvalue weighted by Crippen LogP contribution is 2.46. The van der Waals surface area contributed by atoms with Crippen molar-refractivity contribution >= 4 is 0 Å². The number of phenols is 1. The third kappa shape index (κ3) is 2.27. The summed E-state index contributed by atoms with van der Waals surface area (Å²) in [7, 11) is 1.56. The molecule has 0 radical (unpaired) electrons. The third-order valence-corrected chi connectivity index (χ3v) is 4.95. The van der Waals surface area contributed by atoms with Crippen molar-refractivity contribution in [2.75, 3.05) is 13.7 Å². The molecule has 3 rings (SSSR count). The van der Waals surface area contributed by atoms with Gasteiger partial charge in [-0.05, 0) is 43.5 Å². The number of aromatic hydroxyl groups is 1. The first kappa shape index (κ1) is 13.7. The van der Waals surface area contributed by atoms with E-state index < -0.39 is 5.60 Å². The molecule has 2 fully saturated rings. The topological polar surface area (TPSA) is 61.7 Å². The van der Waals surface area contributed by atoms with E-state index in [1.165, 1.54) is 6.42 Å². The number of ether oxygens (including phenoxy) is 1. The molecule has 0 aromatic heterocycles. The molecule has 1 aliphatic heterocycles. The molecule has 1 saturated heterocycles. The SMILES string of the molecule is COc1cc([C@H]2NCC[C@]3(O)CCCC[C@@H]23)ccc1O. The molecule has 1 aromatic rings. The molecule has 3 N–H and O–H groups in total. The first-order valence-electron chi connectivity index (χ1n) is 7.47. The summed E-state index contributed by atoms with van der Waals surface area (Å²) in [6, 6.07) is 5.62. The molecule has 0 amide bonds. The lowest BCUT2D eigenvalue weighted by Gasteiger charge is -2.48. The lowest BCUT2D eigenvalue weighted by molar-refractivity contribution is -0.0861. The van der Waals surface area contributed by atoms with E-state index >= 15 is 0 Å². The molecule has 1 aliphatic carbocycles. The molecule has 1 aromatic carbocycles. The zero-order valence-corrected chi connectivity index (χ0v) is 11.9. The quantitative estimate of drug-likeness (QED) is 0.776. The highest BCUT2D eigenvalue weighted by Gasteiger charge is 2.45. The largest absolute Gasteiger partial charge is 0.504 e. The van der Waals surface area contributed by atoms with Crippen molar-refractivity contribution in [3.8, 4) is 11.5 Å². The number of benzene rings is 1. The van der Waals surface area contributed by atoms with Crippen LogP contribution < -0.4 is 10.1 Å². The zero-order valence-electron chi connectivity index (χ0n) is 11.9. The fourth-order valence-electron chi connectivity index (χ4n) is 3.86. The van der Waals surface area contributed by atoms with Crippen LogP contribution in [0.1, 0.15) is 43.7 Å². The Morgan fingerprint density at radius 3 is 2.95 bits per heavy atom. The van der Waals surface area contributed by atoms with Crippen LogP contribution in [-0.4, -0.2) is 29.5 Å².